The number of hydrogen-bond donors (Lipinski definition) is 2. The highest BCUT2D eigenvalue weighted by atomic mass is 32.2. The Kier molecular flexibility index (Phi) is 5.38. The van der Waals surface area contributed by atoms with Crippen molar-refractivity contribution < 1.29 is 19.7 Å². The van der Waals surface area contributed by atoms with E-state index in [2.05, 4.69) is 0 Å². The Bertz CT molecular complexity index is 765. The second kappa shape index (κ2) is 7.70. The van der Waals surface area contributed by atoms with Crippen molar-refractivity contribution in [1.82, 2.24) is 4.90 Å². The topological polar surface area (TPSA) is 70.0 Å². The smallest absolute Gasteiger partial charge is 0.224 e. The number of carbonyl (C=O) groups excluding carboxylic acids is 1. The molecule has 25 heavy (non-hydrogen) atoms. The number of carbonyl (C=O) groups is 1. The van der Waals surface area contributed by atoms with E-state index >= 15 is 0 Å². The van der Waals surface area contributed by atoms with Crippen LogP contribution in [0.2, 0.25) is 0 Å². The maximum Gasteiger partial charge on any atom is 0.224 e. The van der Waals surface area contributed by atoms with Gasteiger partial charge in [-0.2, -0.15) is 0 Å². The van der Waals surface area contributed by atoms with Crippen LogP contribution in [-0.2, 0) is 11.3 Å². The van der Waals surface area contributed by atoms with Gasteiger partial charge in [0, 0.05) is 24.3 Å². The molecule has 2 aromatic carbocycles. The molecule has 0 radical (unpaired) electrons. The number of rotatable bonds is 5. The summed E-state index contributed by atoms with van der Waals surface area (Å²) in [5, 5.41) is 19.1. The average molecular weight is 359 g/mol. The lowest BCUT2D eigenvalue weighted by atomic mass is 10.1. The molecule has 1 atom stereocenters. The van der Waals surface area contributed by atoms with Crippen LogP contribution in [0.4, 0.5) is 0 Å². The van der Waals surface area contributed by atoms with Crippen molar-refractivity contribution >= 4 is 17.7 Å². The monoisotopic (exact) mass is 359 g/mol. The van der Waals surface area contributed by atoms with Crippen LogP contribution in [0.5, 0.6) is 17.2 Å². The quantitative estimate of drug-likeness (QED) is 0.797. The zero-order chi connectivity index (χ0) is 17.8. The third-order valence-electron chi connectivity index (χ3n) is 4.07. The van der Waals surface area contributed by atoms with E-state index in [4.69, 9.17) is 4.74 Å². The Morgan fingerprint density at radius 3 is 2.76 bits per heavy atom. The Balaban J connectivity index is 1.91. The summed E-state index contributed by atoms with van der Waals surface area (Å²) in [7, 11) is 0. The van der Waals surface area contributed by atoms with Crippen LogP contribution in [0.25, 0.3) is 0 Å². The molecule has 5 nitrogen and oxygen atoms in total. The van der Waals surface area contributed by atoms with Crippen LogP contribution in [0.3, 0.4) is 0 Å². The number of para-hydroxylation sites is 1. The van der Waals surface area contributed by atoms with E-state index in [9.17, 15) is 15.0 Å². The van der Waals surface area contributed by atoms with Gasteiger partial charge < -0.3 is 19.8 Å². The van der Waals surface area contributed by atoms with Crippen LogP contribution in [0.15, 0.2) is 42.5 Å². The number of phenols is 2. The number of benzene rings is 2. The average Bonchev–Trinajstić information content (AvgIpc) is 2.61. The molecular formula is C19H21NO4S. The molecule has 1 aliphatic rings. The van der Waals surface area contributed by atoms with E-state index in [1.807, 2.05) is 31.2 Å². The molecule has 1 fully saturated rings. The highest BCUT2D eigenvalue weighted by Crippen LogP contribution is 2.42. The minimum atomic E-state index is -0.180. The number of ether oxygens (including phenoxy) is 1. The molecular weight excluding hydrogens is 338 g/mol. The van der Waals surface area contributed by atoms with Gasteiger partial charge in [-0.3, -0.25) is 4.79 Å². The van der Waals surface area contributed by atoms with Crippen molar-refractivity contribution in [3.63, 3.8) is 0 Å². The largest absolute Gasteiger partial charge is 0.504 e. The van der Waals surface area contributed by atoms with E-state index in [1.165, 1.54) is 12.1 Å². The van der Waals surface area contributed by atoms with Gasteiger partial charge >= 0.3 is 0 Å². The van der Waals surface area contributed by atoms with Crippen molar-refractivity contribution in [2.75, 3.05) is 12.4 Å². The lowest BCUT2D eigenvalue weighted by molar-refractivity contribution is -0.132. The first-order chi connectivity index (χ1) is 12.1. The third-order valence-corrected chi connectivity index (χ3v) is 5.34. The SMILES string of the molecule is CCOc1ccccc1C1SCCC(=O)N1Cc1ccc(O)c(O)c1. The molecule has 2 N–H and O–H groups in total. The summed E-state index contributed by atoms with van der Waals surface area (Å²) < 4.78 is 5.73. The minimum Gasteiger partial charge on any atom is -0.504 e. The minimum absolute atomic E-state index is 0.0719. The van der Waals surface area contributed by atoms with Gasteiger partial charge in [-0.05, 0) is 30.7 Å². The zero-order valence-corrected chi connectivity index (χ0v) is 14.8. The molecule has 2 aromatic rings. The fourth-order valence-corrected chi connectivity index (χ4v) is 4.15. The summed E-state index contributed by atoms with van der Waals surface area (Å²) in [6, 6.07) is 12.4. The second-order valence-corrected chi connectivity index (χ2v) is 6.98. The van der Waals surface area contributed by atoms with Crippen molar-refractivity contribution in [1.29, 1.82) is 0 Å². The summed E-state index contributed by atoms with van der Waals surface area (Å²) in [6.45, 7) is 2.87. The Hall–Kier alpha value is -2.34. The number of phenolic OH excluding ortho intramolecular Hbond substituents is 2. The molecule has 0 spiro atoms. The van der Waals surface area contributed by atoms with Gasteiger partial charge in [0.2, 0.25) is 5.91 Å². The zero-order valence-electron chi connectivity index (χ0n) is 14.0. The van der Waals surface area contributed by atoms with Gasteiger partial charge in [0.05, 0.1) is 6.61 Å². The summed E-state index contributed by atoms with van der Waals surface area (Å²) in [5.74, 6) is 1.28. The lowest BCUT2D eigenvalue weighted by Crippen LogP contribution is -2.36. The van der Waals surface area contributed by atoms with E-state index in [0.29, 0.717) is 19.6 Å². The van der Waals surface area contributed by atoms with Crippen LogP contribution in [0.1, 0.15) is 29.8 Å². The van der Waals surface area contributed by atoms with Crippen LogP contribution in [0, 0.1) is 0 Å². The van der Waals surface area contributed by atoms with E-state index < -0.39 is 0 Å². The normalized spacial score (nSPS) is 17.6. The lowest BCUT2D eigenvalue weighted by Gasteiger charge is -2.36. The third kappa shape index (κ3) is 3.85. The molecule has 0 bridgehead atoms. The molecule has 0 aliphatic carbocycles. The molecule has 1 amide bonds. The molecule has 0 aromatic heterocycles. The molecule has 6 heteroatoms. The Morgan fingerprint density at radius 1 is 1.20 bits per heavy atom. The summed E-state index contributed by atoms with van der Waals surface area (Å²) in [6.07, 6.45) is 0.488. The Labute approximate surface area is 151 Å². The number of thioether (sulfide) groups is 1. The van der Waals surface area contributed by atoms with Gasteiger partial charge in [0.1, 0.15) is 11.1 Å². The molecule has 0 saturated carbocycles. The highest BCUT2D eigenvalue weighted by Gasteiger charge is 2.31. The van der Waals surface area contributed by atoms with E-state index in [0.717, 1.165) is 22.6 Å². The first-order valence-electron chi connectivity index (χ1n) is 8.23. The van der Waals surface area contributed by atoms with Gasteiger partial charge in [0.15, 0.2) is 11.5 Å². The van der Waals surface area contributed by atoms with E-state index in [1.54, 1.807) is 22.7 Å². The van der Waals surface area contributed by atoms with Gasteiger partial charge in [0.25, 0.3) is 0 Å². The Morgan fingerprint density at radius 2 is 2.00 bits per heavy atom. The van der Waals surface area contributed by atoms with Gasteiger partial charge in [-0.15, -0.1) is 11.8 Å². The van der Waals surface area contributed by atoms with Crippen LogP contribution >= 0.6 is 11.8 Å². The molecule has 132 valence electrons. The van der Waals surface area contributed by atoms with Crippen molar-refractivity contribution in [2.45, 2.75) is 25.3 Å². The molecule has 3 rings (SSSR count). The molecule has 1 aliphatic heterocycles. The van der Waals surface area contributed by atoms with Crippen molar-refractivity contribution in [2.24, 2.45) is 0 Å². The fraction of sp³-hybridized carbons (Fsp3) is 0.316. The summed E-state index contributed by atoms with van der Waals surface area (Å²) >= 11 is 1.71. The first-order valence-corrected chi connectivity index (χ1v) is 9.28. The fourth-order valence-electron chi connectivity index (χ4n) is 2.89. The number of hydrogen-bond acceptors (Lipinski definition) is 5. The second-order valence-electron chi connectivity index (χ2n) is 5.79. The maximum atomic E-state index is 12.6. The molecule has 1 heterocycles. The van der Waals surface area contributed by atoms with Gasteiger partial charge in [-0.1, -0.05) is 24.3 Å². The molecule has 1 saturated heterocycles. The highest BCUT2D eigenvalue weighted by molar-refractivity contribution is 7.99. The number of aromatic hydroxyl groups is 2. The maximum absolute atomic E-state index is 12.6. The first kappa shape index (κ1) is 17.5. The van der Waals surface area contributed by atoms with Crippen LogP contribution in [-0.4, -0.2) is 33.4 Å². The molecule has 1 unspecified atom stereocenters. The number of nitrogens with zero attached hydrogens (tertiary/aromatic N) is 1. The van der Waals surface area contributed by atoms with Crippen molar-refractivity contribution in [3.05, 3.63) is 53.6 Å². The van der Waals surface area contributed by atoms with Gasteiger partial charge in [-0.25, -0.2) is 0 Å². The predicted molar refractivity (Wildman–Crippen MR) is 97.7 cm³/mol. The predicted octanol–water partition coefficient (Wildman–Crippen LogP) is 3.66. The summed E-state index contributed by atoms with van der Waals surface area (Å²) in [4.78, 5) is 14.4. The summed E-state index contributed by atoms with van der Waals surface area (Å²) in [5.41, 5.74) is 1.75. The number of amides is 1. The van der Waals surface area contributed by atoms with E-state index in [-0.39, 0.29) is 22.8 Å². The van der Waals surface area contributed by atoms with Crippen molar-refractivity contribution in [3.8, 4) is 17.2 Å². The van der Waals surface area contributed by atoms with Crippen LogP contribution < -0.4 is 4.74 Å². The standard InChI is InChI=1S/C19H21NO4S/c1-2-24-17-6-4-3-5-14(17)19-20(18(23)9-10-25-19)12-13-7-8-15(21)16(22)11-13/h3-8,11,19,21-22H,2,9-10,12H2,1H3.